The average molecular weight is 269 g/mol. The van der Waals surface area contributed by atoms with Gasteiger partial charge >= 0.3 is 6.09 Å². The zero-order chi connectivity index (χ0) is 15.1. The zero-order valence-electron chi connectivity index (χ0n) is 12.3. The van der Waals surface area contributed by atoms with Gasteiger partial charge in [0, 0.05) is 26.6 Å². The van der Waals surface area contributed by atoms with Crippen LogP contribution in [0.25, 0.3) is 0 Å². The van der Waals surface area contributed by atoms with Crippen molar-refractivity contribution in [3.05, 3.63) is 0 Å². The molecule has 19 heavy (non-hydrogen) atoms. The third kappa shape index (κ3) is 8.89. The molecule has 0 aromatic heterocycles. The molecule has 0 bridgehead atoms. The molecular formula is C13H23N3O3. The lowest BCUT2D eigenvalue weighted by Crippen LogP contribution is -2.36. The van der Waals surface area contributed by atoms with Gasteiger partial charge in [0.25, 0.3) is 0 Å². The first-order valence-corrected chi connectivity index (χ1v) is 6.26. The van der Waals surface area contributed by atoms with Crippen molar-refractivity contribution in [2.45, 2.75) is 39.7 Å². The molecule has 2 amide bonds. The minimum Gasteiger partial charge on any atom is -0.444 e. The maximum atomic E-state index is 11.7. The standard InChI is InChI=1S/C13H23N3O3/c1-10(8-14)9-16(5)11(17)6-7-15-12(18)19-13(2,3)4/h10H,6-7,9H2,1-5H3,(H,15,18)/t10-/m1/s1. The fourth-order valence-electron chi connectivity index (χ4n) is 1.33. The summed E-state index contributed by atoms with van der Waals surface area (Å²) in [7, 11) is 1.64. The van der Waals surface area contributed by atoms with E-state index in [0.29, 0.717) is 6.54 Å². The van der Waals surface area contributed by atoms with Crippen LogP contribution in [0.5, 0.6) is 0 Å². The quantitative estimate of drug-likeness (QED) is 0.820. The molecule has 0 saturated carbocycles. The Kier molecular flexibility index (Phi) is 6.91. The van der Waals surface area contributed by atoms with Gasteiger partial charge in [-0.2, -0.15) is 5.26 Å². The van der Waals surface area contributed by atoms with Gasteiger partial charge in [-0.15, -0.1) is 0 Å². The van der Waals surface area contributed by atoms with Crippen LogP contribution in [-0.4, -0.2) is 42.6 Å². The van der Waals surface area contributed by atoms with Crippen LogP contribution >= 0.6 is 0 Å². The van der Waals surface area contributed by atoms with Gasteiger partial charge in [-0.3, -0.25) is 4.79 Å². The predicted molar refractivity (Wildman–Crippen MR) is 71.3 cm³/mol. The third-order valence-electron chi connectivity index (χ3n) is 2.20. The second-order valence-corrected chi connectivity index (χ2v) is 5.48. The van der Waals surface area contributed by atoms with E-state index in [2.05, 4.69) is 11.4 Å². The molecule has 0 spiro atoms. The summed E-state index contributed by atoms with van der Waals surface area (Å²) in [6, 6.07) is 2.07. The first kappa shape index (κ1) is 17.2. The molecule has 0 fully saturated rings. The van der Waals surface area contributed by atoms with Crippen LogP contribution in [0.15, 0.2) is 0 Å². The van der Waals surface area contributed by atoms with Crippen molar-refractivity contribution in [1.82, 2.24) is 10.2 Å². The maximum absolute atomic E-state index is 11.7. The first-order chi connectivity index (χ1) is 8.65. The van der Waals surface area contributed by atoms with Gasteiger partial charge in [0.1, 0.15) is 5.60 Å². The lowest BCUT2D eigenvalue weighted by Gasteiger charge is -2.20. The molecule has 0 aromatic rings. The number of alkyl carbamates (subject to hydrolysis) is 1. The van der Waals surface area contributed by atoms with E-state index in [-0.39, 0.29) is 24.8 Å². The Hall–Kier alpha value is -1.77. The van der Waals surface area contributed by atoms with Gasteiger partial charge in [0.2, 0.25) is 5.91 Å². The van der Waals surface area contributed by atoms with Gasteiger partial charge in [-0.25, -0.2) is 4.79 Å². The Balaban J connectivity index is 3.92. The highest BCUT2D eigenvalue weighted by Crippen LogP contribution is 2.06. The molecule has 6 heteroatoms. The van der Waals surface area contributed by atoms with E-state index in [4.69, 9.17) is 10.00 Å². The Morgan fingerprint density at radius 3 is 2.47 bits per heavy atom. The molecule has 0 saturated heterocycles. The van der Waals surface area contributed by atoms with E-state index in [9.17, 15) is 9.59 Å². The molecular weight excluding hydrogens is 246 g/mol. The summed E-state index contributed by atoms with van der Waals surface area (Å²) in [6.07, 6.45) is -0.346. The van der Waals surface area contributed by atoms with Crippen LogP contribution in [0.3, 0.4) is 0 Å². The van der Waals surface area contributed by atoms with Gasteiger partial charge in [-0.05, 0) is 27.7 Å². The van der Waals surface area contributed by atoms with Crippen molar-refractivity contribution < 1.29 is 14.3 Å². The molecule has 0 rings (SSSR count). The highest BCUT2D eigenvalue weighted by molar-refractivity contribution is 5.77. The minimum absolute atomic E-state index is 0.113. The summed E-state index contributed by atoms with van der Waals surface area (Å²) in [4.78, 5) is 24.5. The topological polar surface area (TPSA) is 82.4 Å². The van der Waals surface area contributed by atoms with Crippen molar-refractivity contribution in [3.63, 3.8) is 0 Å². The zero-order valence-corrected chi connectivity index (χ0v) is 12.3. The Morgan fingerprint density at radius 1 is 1.42 bits per heavy atom. The van der Waals surface area contributed by atoms with E-state index < -0.39 is 11.7 Å². The lowest BCUT2D eigenvalue weighted by atomic mass is 10.2. The van der Waals surface area contributed by atoms with Crippen LogP contribution in [0.4, 0.5) is 4.79 Å². The molecule has 1 N–H and O–H groups in total. The molecule has 6 nitrogen and oxygen atoms in total. The number of nitriles is 1. The van der Waals surface area contributed by atoms with Crippen molar-refractivity contribution in [1.29, 1.82) is 5.26 Å². The number of carbonyl (C=O) groups is 2. The van der Waals surface area contributed by atoms with Gasteiger partial charge < -0.3 is 15.0 Å². The molecule has 0 aliphatic heterocycles. The van der Waals surface area contributed by atoms with Crippen LogP contribution < -0.4 is 5.32 Å². The summed E-state index contributed by atoms with van der Waals surface area (Å²) >= 11 is 0. The molecule has 1 atom stereocenters. The monoisotopic (exact) mass is 269 g/mol. The number of rotatable bonds is 5. The number of carbonyl (C=O) groups excluding carboxylic acids is 2. The number of hydrogen-bond acceptors (Lipinski definition) is 4. The smallest absolute Gasteiger partial charge is 0.407 e. The van der Waals surface area contributed by atoms with Crippen LogP contribution in [0.1, 0.15) is 34.1 Å². The number of amides is 2. The summed E-state index contributed by atoms with van der Waals surface area (Å²) in [5, 5.41) is 11.2. The average Bonchev–Trinajstić information content (AvgIpc) is 2.25. The van der Waals surface area contributed by atoms with Crippen molar-refractivity contribution >= 4 is 12.0 Å². The third-order valence-corrected chi connectivity index (χ3v) is 2.20. The predicted octanol–water partition coefficient (Wildman–Crippen LogP) is 1.52. The fraction of sp³-hybridized carbons (Fsp3) is 0.769. The molecule has 0 aliphatic carbocycles. The molecule has 0 aromatic carbocycles. The summed E-state index contributed by atoms with van der Waals surface area (Å²) in [6.45, 7) is 7.68. The molecule has 0 aliphatic rings. The SMILES string of the molecule is C[C@H](C#N)CN(C)C(=O)CCNC(=O)OC(C)(C)C. The maximum Gasteiger partial charge on any atom is 0.407 e. The van der Waals surface area contributed by atoms with Gasteiger partial charge in [0.05, 0.1) is 12.0 Å². The second-order valence-electron chi connectivity index (χ2n) is 5.48. The highest BCUT2D eigenvalue weighted by atomic mass is 16.6. The lowest BCUT2D eigenvalue weighted by molar-refractivity contribution is -0.130. The highest BCUT2D eigenvalue weighted by Gasteiger charge is 2.16. The van der Waals surface area contributed by atoms with E-state index >= 15 is 0 Å². The minimum atomic E-state index is -0.549. The number of ether oxygens (including phenoxy) is 1. The Bertz CT molecular complexity index is 355. The largest absolute Gasteiger partial charge is 0.444 e. The van der Waals surface area contributed by atoms with Gasteiger partial charge in [-0.1, -0.05) is 0 Å². The molecule has 0 heterocycles. The first-order valence-electron chi connectivity index (χ1n) is 6.26. The normalized spacial score (nSPS) is 12.2. The molecule has 0 radical (unpaired) electrons. The molecule has 0 unspecified atom stereocenters. The summed E-state index contributed by atoms with van der Waals surface area (Å²) in [5.41, 5.74) is -0.549. The van der Waals surface area contributed by atoms with E-state index in [0.717, 1.165) is 0 Å². The Morgan fingerprint density at radius 2 is 2.00 bits per heavy atom. The van der Waals surface area contributed by atoms with Crippen molar-refractivity contribution in [2.24, 2.45) is 5.92 Å². The fourth-order valence-corrected chi connectivity index (χ4v) is 1.33. The Labute approximate surface area is 114 Å². The second kappa shape index (κ2) is 7.62. The van der Waals surface area contributed by atoms with Crippen LogP contribution in [0.2, 0.25) is 0 Å². The van der Waals surface area contributed by atoms with Gasteiger partial charge in [0.15, 0.2) is 0 Å². The van der Waals surface area contributed by atoms with E-state index in [1.807, 2.05) is 0 Å². The summed E-state index contributed by atoms with van der Waals surface area (Å²) in [5.74, 6) is -0.314. The molecule has 108 valence electrons. The van der Waals surface area contributed by atoms with E-state index in [1.54, 1.807) is 34.7 Å². The van der Waals surface area contributed by atoms with Crippen molar-refractivity contribution in [2.75, 3.05) is 20.1 Å². The van der Waals surface area contributed by atoms with E-state index in [1.165, 1.54) is 4.90 Å². The van der Waals surface area contributed by atoms with Crippen LogP contribution in [-0.2, 0) is 9.53 Å². The number of hydrogen-bond donors (Lipinski definition) is 1. The number of nitrogens with zero attached hydrogens (tertiary/aromatic N) is 2. The number of nitrogens with one attached hydrogen (secondary N) is 1. The summed E-state index contributed by atoms with van der Waals surface area (Å²) < 4.78 is 5.04. The van der Waals surface area contributed by atoms with Crippen LogP contribution in [0, 0.1) is 17.2 Å². The van der Waals surface area contributed by atoms with Crippen molar-refractivity contribution in [3.8, 4) is 6.07 Å².